The minimum Gasteiger partial charge on any atom is -0.545 e. The van der Waals surface area contributed by atoms with Crippen LogP contribution in [0.25, 0.3) is 6.08 Å². The quantitative estimate of drug-likeness (QED) is 0.306. The molecule has 104 valence electrons. The number of hydrogen-bond donors (Lipinski definition) is 0. The SMILES string of the molecule is CC(=CC(=O)[O-])C(=Cc1ccc([N+](=O)[O-])cc1)C(=O)[O-]. The van der Waals surface area contributed by atoms with Gasteiger partial charge in [0.2, 0.25) is 0 Å². The van der Waals surface area contributed by atoms with Gasteiger partial charge in [0.1, 0.15) is 0 Å². The number of carboxylic acids is 2. The Kier molecular flexibility index (Phi) is 4.74. The molecular weight excluding hydrogens is 266 g/mol. The van der Waals surface area contributed by atoms with Crippen LogP contribution in [0.1, 0.15) is 12.5 Å². The van der Waals surface area contributed by atoms with Gasteiger partial charge in [0.05, 0.1) is 16.9 Å². The molecule has 0 saturated heterocycles. The van der Waals surface area contributed by atoms with Crippen molar-refractivity contribution in [2.24, 2.45) is 0 Å². The average Bonchev–Trinajstić information content (AvgIpc) is 2.35. The number of hydrogen-bond acceptors (Lipinski definition) is 6. The molecular formula is C13H9NO6-2. The molecule has 0 atom stereocenters. The van der Waals surface area contributed by atoms with E-state index < -0.39 is 16.9 Å². The number of aliphatic carboxylic acids is 2. The topological polar surface area (TPSA) is 123 Å². The molecule has 0 aliphatic rings. The maximum absolute atomic E-state index is 11.0. The van der Waals surface area contributed by atoms with Crippen LogP contribution >= 0.6 is 0 Å². The molecule has 7 nitrogen and oxygen atoms in total. The highest BCUT2D eigenvalue weighted by Crippen LogP contribution is 2.17. The van der Waals surface area contributed by atoms with E-state index >= 15 is 0 Å². The molecule has 0 fully saturated rings. The fourth-order valence-corrected chi connectivity index (χ4v) is 1.45. The zero-order chi connectivity index (χ0) is 15.3. The van der Waals surface area contributed by atoms with Gasteiger partial charge in [0.25, 0.3) is 5.69 Å². The molecule has 0 spiro atoms. The van der Waals surface area contributed by atoms with Crippen molar-refractivity contribution < 1.29 is 24.7 Å². The monoisotopic (exact) mass is 275 g/mol. The van der Waals surface area contributed by atoms with Gasteiger partial charge in [-0.05, 0) is 42.3 Å². The van der Waals surface area contributed by atoms with Crippen molar-refractivity contribution in [1.82, 2.24) is 0 Å². The Labute approximate surface area is 113 Å². The summed E-state index contributed by atoms with van der Waals surface area (Å²) in [6.07, 6.45) is 1.79. The molecule has 0 amide bonds. The second-order valence-electron chi connectivity index (χ2n) is 3.84. The van der Waals surface area contributed by atoms with Crippen LogP contribution < -0.4 is 10.2 Å². The maximum Gasteiger partial charge on any atom is 0.269 e. The summed E-state index contributed by atoms with van der Waals surface area (Å²) in [6, 6.07) is 5.09. The van der Waals surface area contributed by atoms with Gasteiger partial charge < -0.3 is 19.8 Å². The van der Waals surface area contributed by atoms with Gasteiger partial charge >= 0.3 is 0 Å². The molecule has 1 rings (SSSR count). The summed E-state index contributed by atoms with van der Waals surface area (Å²) in [5.41, 5.74) is -0.175. The minimum absolute atomic E-state index is 0.0525. The van der Waals surface area contributed by atoms with Gasteiger partial charge in [-0.2, -0.15) is 0 Å². The summed E-state index contributed by atoms with van der Waals surface area (Å²) in [7, 11) is 0. The van der Waals surface area contributed by atoms with Crippen LogP contribution in [0, 0.1) is 10.1 Å². The van der Waals surface area contributed by atoms with Gasteiger partial charge in [-0.15, -0.1) is 0 Å². The Morgan fingerprint density at radius 1 is 1.15 bits per heavy atom. The van der Waals surface area contributed by atoms with Crippen molar-refractivity contribution >= 4 is 23.7 Å². The summed E-state index contributed by atoms with van der Waals surface area (Å²) in [6.45, 7) is 1.28. The number of carboxylic acid groups (broad SMARTS) is 2. The first-order chi connectivity index (χ1) is 9.31. The minimum atomic E-state index is -1.56. The van der Waals surface area contributed by atoms with Crippen LogP contribution in [0.5, 0.6) is 0 Å². The summed E-state index contributed by atoms with van der Waals surface area (Å²) >= 11 is 0. The zero-order valence-corrected chi connectivity index (χ0v) is 10.4. The molecule has 0 radical (unpaired) electrons. The van der Waals surface area contributed by atoms with E-state index in [1.165, 1.54) is 31.2 Å². The molecule has 0 unspecified atom stereocenters. The molecule has 0 heterocycles. The van der Waals surface area contributed by atoms with Gasteiger partial charge in [-0.3, -0.25) is 10.1 Å². The van der Waals surface area contributed by atoms with E-state index in [4.69, 9.17) is 0 Å². The zero-order valence-electron chi connectivity index (χ0n) is 10.4. The number of carbonyl (C=O) groups excluding carboxylic acids is 2. The number of rotatable bonds is 5. The molecule has 7 heteroatoms. The largest absolute Gasteiger partial charge is 0.545 e. The van der Waals surface area contributed by atoms with E-state index in [1.807, 2.05) is 0 Å². The van der Waals surface area contributed by atoms with Crippen molar-refractivity contribution in [3.63, 3.8) is 0 Å². The van der Waals surface area contributed by atoms with Gasteiger partial charge in [-0.1, -0.05) is 0 Å². The smallest absolute Gasteiger partial charge is 0.269 e. The van der Waals surface area contributed by atoms with E-state index in [1.54, 1.807) is 0 Å². The maximum atomic E-state index is 11.0. The van der Waals surface area contributed by atoms with Crippen LogP contribution in [0.3, 0.4) is 0 Å². The van der Waals surface area contributed by atoms with E-state index in [2.05, 4.69) is 0 Å². The fourth-order valence-electron chi connectivity index (χ4n) is 1.45. The Balaban J connectivity index is 3.18. The lowest BCUT2D eigenvalue weighted by Crippen LogP contribution is -2.26. The lowest BCUT2D eigenvalue weighted by Gasteiger charge is -2.10. The second kappa shape index (κ2) is 6.28. The van der Waals surface area contributed by atoms with Crippen LogP contribution in [-0.4, -0.2) is 16.9 Å². The lowest BCUT2D eigenvalue weighted by atomic mass is 10.0. The highest BCUT2D eigenvalue weighted by Gasteiger charge is 2.05. The normalized spacial score (nSPS) is 12.1. The third-order valence-corrected chi connectivity index (χ3v) is 2.39. The number of nitro benzene ring substituents is 1. The third-order valence-electron chi connectivity index (χ3n) is 2.39. The van der Waals surface area contributed by atoms with Crippen molar-refractivity contribution in [3.05, 3.63) is 57.2 Å². The second-order valence-corrected chi connectivity index (χ2v) is 3.84. The predicted octanol–water partition coefficient (Wildman–Crippen LogP) is -0.576. The Morgan fingerprint density at radius 3 is 2.10 bits per heavy atom. The van der Waals surface area contributed by atoms with E-state index in [-0.39, 0.29) is 16.8 Å². The molecule has 0 aliphatic heterocycles. The van der Waals surface area contributed by atoms with Gasteiger partial charge in [0.15, 0.2) is 0 Å². The summed E-state index contributed by atoms with van der Waals surface area (Å²) in [4.78, 5) is 31.3. The van der Waals surface area contributed by atoms with E-state index in [9.17, 15) is 29.9 Å². The average molecular weight is 275 g/mol. The molecule has 0 aromatic heterocycles. The predicted molar refractivity (Wildman–Crippen MR) is 64.8 cm³/mol. The van der Waals surface area contributed by atoms with Crippen LogP contribution in [0.2, 0.25) is 0 Å². The summed E-state index contributed by atoms with van der Waals surface area (Å²) in [5, 5.41) is 31.8. The number of nitro groups is 1. The van der Waals surface area contributed by atoms with Crippen molar-refractivity contribution in [3.8, 4) is 0 Å². The molecule has 1 aromatic carbocycles. The van der Waals surface area contributed by atoms with E-state index in [0.717, 1.165) is 6.08 Å². The van der Waals surface area contributed by atoms with Crippen molar-refractivity contribution in [2.45, 2.75) is 6.92 Å². The first-order valence-electron chi connectivity index (χ1n) is 5.38. The first-order valence-corrected chi connectivity index (χ1v) is 5.38. The molecule has 0 saturated carbocycles. The number of nitrogens with zero attached hydrogens (tertiary/aromatic N) is 1. The summed E-state index contributed by atoms with van der Waals surface area (Å²) < 4.78 is 0. The number of non-ortho nitro benzene ring substituents is 1. The molecule has 1 aromatic rings. The van der Waals surface area contributed by atoms with Gasteiger partial charge in [-0.25, -0.2) is 0 Å². The lowest BCUT2D eigenvalue weighted by molar-refractivity contribution is -0.384. The van der Waals surface area contributed by atoms with Crippen LogP contribution in [-0.2, 0) is 9.59 Å². The van der Waals surface area contributed by atoms with Crippen LogP contribution in [0.4, 0.5) is 5.69 Å². The number of carbonyl (C=O) groups is 2. The third kappa shape index (κ3) is 4.05. The molecule has 20 heavy (non-hydrogen) atoms. The Hall–Kier alpha value is -2.96. The molecule has 0 bridgehead atoms. The Bertz CT molecular complexity index is 612. The molecule has 0 aliphatic carbocycles. The van der Waals surface area contributed by atoms with E-state index in [0.29, 0.717) is 11.6 Å². The Morgan fingerprint density at radius 2 is 1.70 bits per heavy atom. The standard InChI is InChI=1S/C13H11NO6/c1-8(6-12(15)16)11(13(17)18)7-9-2-4-10(5-3-9)14(19)20/h2-7H,1H3,(H,15,16)(H,17,18)/p-2. The van der Waals surface area contributed by atoms with Crippen LogP contribution in [0.15, 0.2) is 41.5 Å². The summed E-state index contributed by atoms with van der Waals surface area (Å²) in [5.74, 6) is -3.09. The highest BCUT2D eigenvalue weighted by molar-refractivity contribution is 5.97. The fraction of sp³-hybridized carbons (Fsp3) is 0.0769. The van der Waals surface area contributed by atoms with Gasteiger partial charge in [0, 0.05) is 17.7 Å². The number of benzene rings is 1. The van der Waals surface area contributed by atoms with Crippen molar-refractivity contribution in [2.75, 3.05) is 0 Å². The molecule has 0 N–H and O–H groups in total. The van der Waals surface area contributed by atoms with Crippen molar-refractivity contribution in [1.29, 1.82) is 0 Å². The first kappa shape index (κ1) is 15.1. The highest BCUT2D eigenvalue weighted by atomic mass is 16.6.